The second-order valence-corrected chi connectivity index (χ2v) is 4.86. The number of rotatable bonds is 6. The van der Waals surface area contributed by atoms with Gasteiger partial charge >= 0.3 is 6.18 Å². The monoisotopic (exact) mass is 252 g/mol. The van der Waals surface area contributed by atoms with Crippen molar-refractivity contribution in [2.24, 2.45) is 11.7 Å². The summed E-state index contributed by atoms with van der Waals surface area (Å²) < 4.78 is 37.3. The lowest BCUT2D eigenvalue weighted by atomic mass is 9.96. The predicted octanol–water partition coefficient (Wildman–Crippen LogP) is 2.78. The molecular weight excluding hydrogens is 229 g/mol. The lowest BCUT2D eigenvalue weighted by Gasteiger charge is -2.32. The average molecular weight is 252 g/mol. The zero-order chi connectivity index (χ0) is 12.7. The Hall–Kier alpha value is -0.290. The molecule has 5 heteroatoms. The fraction of sp³-hybridized carbons (Fsp3) is 1.00. The predicted molar refractivity (Wildman–Crippen MR) is 62.7 cm³/mol. The van der Waals surface area contributed by atoms with E-state index in [0.29, 0.717) is 13.1 Å². The highest BCUT2D eigenvalue weighted by Crippen LogP contribution is 2.34. The van der Waals surface area contributed by atoms with Gasteiger partial charge in [-0.25, -0.2) is 0 Å². The van der Waals surface area contributed by atoms with Crippen molar-refractivity contribution < 1.29 is 13.2 Å². The van der Waals surface area contributed by atoms with Crippen LogP contribution in [0.1, 0.15) is 38.5 Å². The molecular formula is C12H23F3N2. The Morgan fingerprint density at radius 1 is 1.00 bits per heavy atom. The molecule has 0 aromatic carbocycles. The van der Waals surface area contributed by atoms with Crippen molar-refractivity contribution in [3.05, 3.63) is 0 Å². The molecule has 1 rings (SSSR count). The zero-order valence-electron chi connectivity index (χ0n) is 10.3. The molecule has 0 spiro atoms. The molecule has 1 heterocycles. The maximum absolute atomic E-state index is 12.4. The van der Waals surface area contributed by atoms with Gasteiger partial charge in [-0.3, -0.25) is 0 Å². The van der Waals surface area contributed by atoms with Gasteiger partial charge in [0.15, 0.2) is 0 Å². The molecule has 2 N–H and O–H groups in total. The van der Waals surface area contributed by atoms with E-state index in [4.69, 9.17) is 5.73 Å². The number of nitrogens with zero attached hydrogens (tertiary/aromatic N) is 1. The number of alkyl halides is 3. The minimum atomic E-state index is -3.99. The molecule has 0 aliphatic carbocycles. The molecule has 1 fully saturated rings. The third-order valence-electron chi connectivity index (χ3n) is 3.48. The van der Waals surface area contributed by atoms with E-state index in [1.165, 1.54) is 0 Å². The number of hydrogen-bond acceptors (Lipinski definition) is 2. The summed E-state index contributed by atoms with van der Waals surface area (Å²) in [5, 5.41) is 0. The number of piperidine rings is 1. The molecule has 0 radical (unpaired) electrons. The highest BCUT2D eigenvalue weighted by Gasteiger charge is 2.40. The first kappa shape index (κ1) is 14.8. The number of unbranched alkanes of at least 4 members (excludes halogenated alkanes) is 3. The normalized spacial score (nSPS) is 19.8. The fourth-order valence-electron chi connectivity index (χ4n) is 2.32. The zero-order valence-corrected chi connectivity index (χ0v) is 10.3. The minimum absolute atomic E-state index is 0.270. The number of halogens is 3. The first-order chi connectivity index (χ1) is 8.04. The van der Waals surface area contributed by atoms with E-state index in [9.17, 15) is 13.2 Å². The highest BCUT2D eigenvalue weighted by molar-refractivity contribution is 4.76. The third-order valence-corrected chi connectivity index (χ3v) is 3.48. The van der Waals surface area contributed by atoms with Crippen molar-refractivity contribution in [1.29, 1.82) is 0 Å². The van der Waals surface area contributed by atoms with E-state index in [2.05, 4.69) is 4.90 Å². The van der Waals surface area contributed by atoms with Crippen LogP contribution >= 0.6 is 0 Å². The lowest BCUT2D eigenvalue weighted by molar-refractivity contribution is -0.185. The highest BCUT2D eigenvalue weighted by atomic mass is 19.4. The first-order valence-corrected chi connectivity index (χ1v) is 6.53. The van der Waals surface area contributed by atoms with Crippen LogP contribution < -0.4 is 5.73 Å². The minimum Gasteiger partial charge on any atom is -0.330 e. The maximum atomic E-state index is 12.4. The Morgan fingerprint density at radius 2 is 1.59 bits per heavy atom. The molecule has 2 nitrogen and oxygen atoms in total. The third kappa shape index (κ3) is 5.73. The molecule has 0 aromatic rings. The molecule has 0 unspecified atom stereocenters. The summed E-state index contributed by atoms with van der Waals surface area (Å²) in [7, 11) is 0. The van der Waals surface area contributed by atoms with Crippen molar-refractivity contribution >= 4 is 0 Å². The summed E-state index contributed by atoms with van der Waals surface area (Å²) in [4.78, 5) is 2.16. The second-order valence-electron chi connectivity index (χ2n) is 4.86. The van der Waals surface area contributed by atoms with Crippen molar-refractivity contribution in [3.63, 3.8) is 0 Å². The molecule has 1 aliphatic heterocycles. The van der Waals surface area contributed by atoms with Crippen LogP contribution in [0.3, 0.4) is 0 Å². The van der Waals surface area contributed by atoms with Gasteiger partial charge in [-0.2, -0.15) is 13.2 Å². The Labute approximate surface area is 101 Å². The summed E-state index contributed by atoms with van der Waals surface area (Å²) in [6.45, 7) is 2.87. The molecule has 0 atom stereocenters. The largest absolute Gasteiger partial charge is 0.391 e. The van der Waals surface area contributed by atoms with E-state index < -0.39 is 12.1 Å². The van der Waals surface area contributed by atoms with Gasteiger partial charge in [0, 0.05) is 0 Å². The summed E-state index contributed by atoms with van der Waals surface area (Å²) in [6.07, 6.45) is 0.949. The van der Waals surface area contributed by atoms with Crippen LogP contribution in [-0.4, -0.2) is 37.3 Å². The first-order valence-electron chi connectivity index (χ1n) is 6.53. The molecule has 0 saturated carbocycles. The SMILES string of the molecule is NCCCCCCN1CCC(C(F)(F)F)CC1. The standard InChI is InChI=1S/C12H23F3N2/c13-12(14,15)11-5-9-17(10-6-11)8-4-2-1-3-7-16/h11H,1-10,16H2. The van der Waals surface area contributed by atoms with Gasteiger partial charge in [-0.05, 0) is 51.9 Å². The van der Waals surface area contributed by atoms with Gasteiger partial charge in [0.1, 0.15) is 0 Å². The van der Waals surface area contributed by atoms with Crippen molar-refractivity contribution in [2.75, 3.05) is 26.2 Å². The van der Waals surface area contributed by atoms with Crippen LogP contribution in [0.2, 0.25) is 0 Å². The molecule has 17 heavy (non-hydrogen) atoms. The van der Waals surface area contributed by atoms with Gasteiger partial charge in [-0.1, -0.05) is 12.8 Å². The van der Waals surface area contributed by atoms with Crippen LogP contribution in [0.5, 0.6) is 0 Å². The Bertz CT molecular complexity index is 198. The van der Waals surface area contributed by atoms with Gasteiger partial charge in [0.25, 0.3) is 0 Å². The molecule has 0 aromatic heterocycles. The van der Waals surface area contributed by atoms with E-state index >= 15 is 0 Å². The summed E-state index contributed by atoms with van der Waals surface area (Å²) >= 11 is 0. The molecule has 0 bridgehead atoms. The Balaban J connectivity index is 2.07. The van der Waals surface area contributed by atoms with E-state index in [0.717, 1.165) is 38.8 Å². The van der Waals surface area contributed by atoms with Crippen LogP contribution in [0.25, 0.3) is 0 Å². The van der Waals surface area contributed by atoms with E-state index in [1.807, 2.05) is 0 Å². The topological polar surface area (TPSA) is 29.3 Å². The van der Waals surface area contributed by atoms with Crippen LogP contribution in [0.4, 0.5) is 13.2 Å². The second kappa shape index (κ2) is 7.21. The maximum Gasteiger partial charge on any atom is 0.391 e. The Kier molecular flexibility index (Phi) is 6.27. The molecule has 1 aliphatic rings. The number of likely N-dealkylation sites (tertiary alicyclic amines) is 1. The van der Waals surface area contributed by atoms with Gasteiger partial charge < -0.3 is 10.6 Å². The Morgan fingerprint density at radius 3 is 2.12 bits per heavy atom. The van der Waals surface area contributed by atoms with Gasteiger partial charge in [-0.15, -0.1) is 0 Å². The quantitative estimate of drug-likeness (QED) is 0.736. The summed E-state index contributed by atoms with van der Waals surface area (Å²) in [5.74, 6) is -1.07. The smallest absolute Gasteiger partial charge is 0.330 e. The van der Waals surface area contributed by atoms with E-state index in [1.54, 1.807) is 0 Å². The van der Waals surface area contributed by atoms with Crippen molar-refractivity contribution in [3.8, 4) is 0 Å². The van der Waals surface area contributed by atoms with E-state index in [-0.39, 0.29) is 12.8 Å². The number of hydrogen-bond donors (Lipinski definition) is 1. The van der Waals surface area contributed by atoms with Gasteiger partial charge in [0.2, 0.25) is 0 Å². The van der Waals surface area contributed by atoms with Crippen molar-refractivity contribution in [1.82, 2.24) is 4.90 Å². The summed E-state index contributed by atoms with van der Waals surface area (Å²) in [5.41, 5.74) is 5.39. The van der Waals surface area contributed by atoms with Gasteiger partial charge in [0.05, 0.1) is 5.92 Å². The molecule has 1 saturated heterocycles. The van der Waals surface area contributed by atoms with Crippen LogP contribution in [-0.2, 0) is 0 Å². The molecule has 0 amide bonds. The molecule has 102 valence electrons. The average Bonchev–Trinajstić information content (AvgIpc) is 2.28. The fourth-order valence-corrected chi connectivity index (χ4v) is 2.32. The lowest BCUT2D eigenvalue weighted by Crippen LogP contribution is -2.39. The number of nitrogens with two attached hydrogens (primary N) is 1. The van der Waals surface area contributed by atoms with Crippen LogP contribution in [0.15, 0.2) is 0 Å². The van der Waals surface area contributed by atoms with Crippen LogP contribution in [0, 0.1) is 5.92 Å². The summed E-state index contributed by atoms with van der Waals surface area (Å²) in [6, 6.07) is 0. The van der Waals surface area contributed by atoms with Crippen molar-refractivity contribution in [2.45, 2.75) is 44.7 Å².